The molecular formula is C10H14FN3O4. The number of ether oxygens (including phenoxy) is 1. The summed E-state index contributed by atoms with van der Waals surface area (Å²) in [5.41, 5.74) is 2.33. The second-order valence-electron chi connectivity index (χ2n) is 4.35. The van der Waals surface area contributed by atoms with Gasteiger partial charge in [-0.05, 0) is 13.0 Å². The third-order valence-corrected chi connectivity index (χ3v) is 3.00. The van der Waals surface area contributed by atoms with Gasteiger partial charge in [-0.25, -0.2) is 9.18 Å². The number of rotatable bonds is 2. The normalized spacial score (nSPS) is 35.9. The largest absolute Gasteiger partial charge is 0.394 e. The second kappa shape index (κ2) is 4.30. The molecule has 8 heteroatoms. The van der Waals surface area contributed by atoms with Crippen molar-refractivity contribution in [2.75, 3.05) is 12.3 Å². The number of hydrogen-bond acceptors (Lipinski definition) is 6. The standard InChI is InChI=1S/C10H14FN3O4/c1-10(11)7(16)5(4-15)18-8(10)14-3-2-6(12)13-9(14)17/h2-3,5,7-8,15-16H,4H2,1H3,(H2,12,13,17)/t5-,7?,8?,10?/m1/s1. The minimum atomic E-state index is -2.21. The Hall–Kier alpha value is -1.51. The molecule has 18 heavy (non-hydrogen) atoms. The Kier molecular flexibility index (Phi) is 3.09. The van der Waals surface area contributed by atoms with E-state index in [9.17, 15) is 14.3 Å². The fourth-order valence-corrected chi connectivity index (χ4v) is 1.97. The predicted octanol–water partition coefficient (Wildman–Crippen LogP) is -1.20. The Morgan fingerprint density at radius 3 is 2.89 bits per heavy atom. The topological polar surface area (TPSA) is 111 Å². The fraction of sp³-hybridized carbons (Fsp3) is 0.600. The molecule has 0 amide bonds. The molecule has 0 aromatic carbocycles. The van der Waals surface area contributed by atoms with Crippen molar-refractivity contribution in [2.45, 2.75) is 31.0 Å². The van der Waals surface area contributed by atoms with Crippen LogP contribution in [0.25, 0.3) is 0 Å². The van der Waals surface area contributed by atoms with E-state index in [4.69, 9.17) is 15.6 Å². The summed E-state index contributed by atoms with van der Waals surface area (Å²) in [4.78, 5) is 15.1. The van der Waals surface area contributed by atoms with Crippen LogP contribution in [-0.2, 0) is 4.74 Å². The summed E-state index contributed by atoms with van der Waals surface area (Å²) < 4.78 is 20.4. The second-order valence-corrected chi connectivity index (χ2v) is 4.35. The third-order valence-electron chi connectivity index (χ3n) is 3.00. The predicted molar refractivity (Wildman–Crippen MR) is 59.4 cm³/mol. The van der Waals surface area contributed by atoms with Crippen molar-refractivity contribution < 1.29 is 19.3 Å². The first kappa shape index (κ1) is 12.9. The molecule has 1 aromatic rings. The van der Waals surface area contributed by atoms with Gasteiger partial charge in [0.1, 0.15) is 18.0 Å². The van der Waals surface area contributed by atoms with Gasteiger partial charge in [-0.2, -0.15) is 4.98 Å². The lowest BCUT2D eigenvalue weighted by molar-refractivity contribution is -0.0610. The lowest BCUT2D eigenvalue weighted by atomic mass is 9.98. The summed E-state index contributed by atoms with van der Waals surface area (Å²) in [6.07, 6.45) is -2.74. The van der Waals surface area contributed by atoms with Crippen LogP contribution in [0, 0.1) is 0 Å². The van der Waals surface area contributed by atoms with Crippen LogP contribution >= 0.6 is 0 Å². The highest BCUT2D eigenvalue weighted by molar-refractivity contribution is 5.23. The van der Waals surface area contributed by atoms with E-state index >= 15 is 0 Å². The molecule has 1 aromatic heterocycles. The first-order chi connectivity index (χ1) is 8.37. The molecule has 0 aliphatic carbocycles. The highest BCUT2D eigenvalue weighted by atomic mass is 19.1. The number of nitrogens with zero attached hydrogens (tertiary/aromatic N) is 2. The van der Waals surface area contributed by atoms with Crippen molar-refractivity contribution in [2.24, 2.45) is 0 Å². The van der Waals surface area contributed by atoms with Gasteiger partial charge < -0.3 is 20.7 Å². The zero-order valence-electron chi connectivity index (χ0n) is 9.65. The SMILES string of the molecule is CC1(F)C(O)[C@@H](CO)OC1n1ccc(N)nc1=O. The lowest BCUT2D eigenvalue weighted by Gasteiger charge is -2.24. The molecule has 4 N–H and O–H groups in total. The van der Waals surface area contributed by atoms with Crippen LogP contribution in [0.1, 0.15) is 13.2 Å². The van der Waals surface area contributed by atoms with Crippen LogP contribution in [0.15, 0.2) is 17.1 Å². The van der Waals surface area contributed by atoms with Crippen molar-refractivity contribution in [3.63, 3.8) is 0 Å². The Morgan fingerprint density at radius 1 is 1.72 bits per heavy atom. The van der Waals surface area contributed by atoms with E-state index in [1.807, 2.05) is 0 Å². The van der Waals surface area contributed by atoms with E-state index in [0.717, 1.165) is 11.5 Å². The van der Waals surface area contributed by atoms with Crippen molar-refractivity contribution in [1.82, 2.24) is 9.55 Å². The number of nitrogen functional groups attached to an aromatic ring is 1. The molecule has 2 rings (SSSR count). The van der Waals surface area contributed by atoms with E-state index in [1.54, 1.807) is 0 Å². The molecule has 0 saturated carbocycles. The van der Waals surface area contributed by atoms with E-state index in [0.29, 0.717) is 0 Å². The lowest BCUT2D eigenvalue weighted by Crippen LogP contribution is -2.42. The Labute approximate surface area is 102 Å². The molecule has 4 atom stereocenters. The number of alkyl halides is 1. The molecular weight excluding hydrogens is 245 g/mol. The average molecular weight is 259 g/mol. The summed E-state index contributed by atoms with van der Waals surface area (Å²) in [5, 5.41) is 18.6. The van der Waals surface area contributed by atoms with Crippen molar-refractivity contribution >= 4 is 5.82 Å². The molecule has 2 heterocycles. The van der Waals surface area contributed by atoms with Gasteiger partial charge in [-0.3, -0.25) is 4.57 Å². The highest BCUT2D eigenvalue weighted by Gasteiger charge is 2.55. The smallest absolute Gasteiger partial charge is 0.351 e. The van der Waals surface area contributed by atoms with Gasteiger partial charge >= 0.3 is 5.69 Å². The zero-order valence-corrected chi connectivity index (χ0v) is 9.65. The number of nitrogens with two attached hydrogens (primary N) is 1. The van der Waals surface area contributed by atoms with E-state index in [-0.39, 0.29) is 5.82 Å². The Morgan fingerprint density at radius 2 is 2.39 bits per heavy atom. The van der Waals surface area contributed by atoms with Gasteiger partial charge in [0.2, 0.25) is 0 Å². The maximum Gasteiger partial charge on any atom is 0.351 e. The fourth-order valence-electron chi connectivity index (χ4n) is 1.97. The summed E-state index contributed by atoms with van der Waals surface area (Å²) in [6.45, 7) is 0.551. The number of aromatic nitrogens is 2. The Bertz CT molecular complexity index is 504. The quantitative estimate of drug-likeness (QED) is 0.615. The van der Waals surface area contributed by atoms with E-state index in [2.05, 4.69) is 4.98 Å². The van der Waals surface area contributed by atoms with Gasteiger partial charge in [0.05, 0.1) is 6.61 Å². The molecule has 1 saturated heterocycles. The summed E-state index contributed by atoms with van der Waals surface area (Å²) in [6, 6.07) is 1.32. The summed E-state index contributed by atoms with van der Waals surface area (Å²) in [7, 11) is 0. The maximum absolute atomic E-state index is 14.4. The number of hydrogen-bond donors (Lipinski definition) is 3. The first-order valence-electron chi connectivity index (χ1n) is 5.36. The first-order valence-corrected chi connectivity index (χ1v) is 5.36. The van der Waals surface area contributed by atoms with E-state index < -0.39 is 36.4 Å². The number of aliphatic hydroxyl groups excluding tert-OH is 2. The molecule has 100 valence electrons. The van der Waals surface area contributed by atoms with Crippen molar-refractivity contribution in [3.05, 3.63) is 22.7 Å². The number of aliphatic hydroxyl groups is 2. The van der Waals surface area contributed by atoms with E-state index in [1.165, 1.54) is 12.3 Å². The minimum Gasteiger partial charge on any atom is -0.394 e. The van der Waals surface area contributed by atoms with Crippen LogP contribution < -0.4 is 11.4 Å². The molecule has 1 aliphatic rings. The van der Waals surface area contributed by atoms with Crippen LogP contribution in [0.2, 0.25) is 0 Å². The number of halogens is 1. The van der Waals surface area contributed by atoms with Crippen LogP contribution in [0.3, 0.4) is 0 Å². The highest BCUT2D eigenvalue weighted by Crippen LogP contribution is 2.40. The maximum atomic E-state index is 14.4. The molecule has 0 spiro atoms. The number of anilines is 1. The molecule has 0 radical (unpaired) electrons. The molecule has 3 unspecified atom stereocenters. The van der Waals surface area contributed by atoms with Crippen molar-refractivity contribution in [1.29, 1.82) is 0 Å². The molecule has 1 fully saturated rings. The Balaban J connectivity index is 2.42. The van der Waals surface area contributed by atoms with Crippen molar-refractivity contribution in [3.8, 4) is 0 Å². The summed E-state index contributed by atoms with van der Waals surface area (Å²) in [5.74, 6) is 0.00839. The minimum absolute atomic E-state index is 0.00839. The molecule has 7 nitrogen and oxygen atoms in total. The molecule has 1 aliphatic heterocycles. The van der Waals surface area contributed by atoms with Gasteiger partial charge in [0, 0.05) is 6.20 Å². The van der Waals surface area contributed by atoms with Gasteiger partial charge in [-0.15, -0.1) is 0 Å². The van der Waals surface area contributed by atoms with Crippen LogP contribution in [0.4, 0.5) is 10.2 Å². The van der Waals surface area contributed by atoms with Gasteiger partial charge in [0.15, 0.2) is 11.9 Å². The average Bonchev–Trinajstić information content (AvgIpc) is 2.52. The van der Waals surface area contributed by atoms with Crippen LogP contribution in [-0.4, -0.2) is 44.2 Å². The molecule has 0 bridgehead atoms. The third kappa shape index (κ3) is 1.88. The zero-order chi connectivity index (χ0) is 13.5. The summed E-state index contributed by atoms with van der Waals surface area (Å²) >= 11 is 0. The van der Waals surface area contributed by atoms with Gasteiger partial charge in [0.25, 0.3) is 0 Å². The van der Waals surface area contributed by atoms with Gasteiger partial charge in [-0.1, -0.05) is 0 Å². The monoisotopic (exact) mass is 259 g/mol. The van der Waals surface area contributed by atoms with Crippen LogP contribution in [0.5, 0.6) is 0 Å².